The van der Waals surface area contributed by atoms with Crippen LogP contribution in [-0.2, 0) is 6.42 Å². The fourth-order valence-electron chi connectivity index (χ4n) is 1.39. The summed E-state index contributed by atoms with van der Waals surface area (Å²) in [7, 11) is 0. The van der Waals surface area contributed by atoms with E-state index in [1.165, 1.54) is 30.7 Å². The van der Waals surface area contributed by atoms with E-state index in [-0.39, 0.29) is 17.8 Å². The van der Waals surface area contributed by atoms with Crippen LogP contribution in [0.2, 0.25) is 5.02 Å². The molecule has 1 heterocycles. The molecule has 2 rings (SSSR count). The molecule has 2 aromatic rings. The standard InChI is InChI=1S/C12H8ClFO2/c13-9-1-2-11(14)10(6-9)12(15)5-8-3-4-16-7-8/h1-4,6-7H,5H2. The van der Waals surface area contributed by atoms with Crippen molar-refractivity contribution in [2.45, 2.75) is 6.42 Å². The largest absolute Gasteiger partial charge is 0.472 e. The van der Waals surface area contributed by atoms with Crippen molar-refractivity contribution in [1.29, 1.82) is 0 Å². The van der Waals surface area contributed by atoms with Crippen LogP contribution in [0.1, 0.15) is 15.9 Å². The lowest BCUT2D eigenvalue weighted by Crippen LogP contribution is -2.05. The molecule has 2 nitrogen and oxygen atoms in total. The van der Waals surface area contributed by atoms with E-state index in [2.05, 4.69) is 0 Å². The lowest BCUT2D eigenvalue weighted by Gasteiger charge is -2.01. The Morgan fingerprint density at radius 2 is 2.19 bits per heavy atom. The van der Waals surface area contributed by atoms with Gasteiger partial charge in [0.05, 0.1) is 18.1 Å². The Morgan fingerprint density at radius 3 is 2.88 bits per heavy atom. The second-order valence-electron chi connectivity index (χ2n) is 3.36. The predicted octanol–water partition coefficient (Wildman–Crippen LogP) is 3.50. The quantitative estimate of drug-likeness (QED) is 0.766. The van der Waals surface area contributed by atoms with Gasteiger partial charge in [-0.3, -0.25) is 4.79 Å². The van der Waals surface area contributed by atoms with Gasteiger partial charge in [0.1, 0.15) is 5.82 Å². The molecule has 16 heavy (non-hydrogen) atoms. The lowest BCUT2D eigenvalue weighted by molar-refractivity contribution is 0.0989. The highest BCUT2D eigenvalue weighted by Crippen LogP contribution is 2.17. The number of rotatable bonds is 3. The smallest absolute Gasteiger partial charge is 0.170 e. The van der Waals surface area contributed by atoms with Gasteiger partial charge in [-0.1, -0.05) is 11.6 Å². The molecule has 0 N–H and O–H groups in total. The van der Waals surface area contributed by atoms with Crippen LogP contribution in [0.25, 0.3) is 0 Å². The second-order valence-corrected chi connectivity index (χ2v) is 3.79. The summed E-state index contributed by atoms with van der Waals surface area (Å²) in [6.45, 7) is 0. The van der Waals surface area contributed by atoms with Crippen LogP contribution in [0, 0.1) is 5.82 Å². The average Bonchev–Trinajstić information content (AvgIpc) is 2.74. The minimum atomic E-state index is -0.558. The SMILES string of the molecule is O=C(Cc1ccoc1)c1cc(Cl)ccc1F. The molecular weight excluding hydrogens is 231 g/mol. The van der Waals surface area contributed by atoms with Gasteiger partial charge in [0, 0.05) is 11.4 Å². The van der Waals surface area contributed by atoms with E-state index >= 15 is 0 Å². The lowest BCUT2D eigenvalue weighted by atomic mass is 10.0. The Hall–Kier alpha value is -1.61. The Labute approximate surface area is 96.6 Å². The topological polar surface area (TPSA) is 30.2 Å². The van der Waals surface area contributed by atoms with Gasteiger partial charge in [0.2, 0.25) is 0 Å². The monoisotopic (exact) mass is 238 g/mol. The fourth-order valence-corrected chi connectivity index (χ4v) is 1.56. The number of carbonyl (C=O) groups excluding carboxylic acids is 1. The van der Waals surface area contributed by atoms with Crippen molar-refractivity contribution in [1.82, 2.24) is 0 Å². The van der Waals surface area contributed by atoms with Gasteiger partial charge in [-0.05, 0) is 29.8 Å². The van der Waals surface area contributed by atoms with Crippen LogP contribution in [0.4, 0.5) is 4.39 Å². The second kappa shape index (κ2) is 4.49. The summed E-state index contributed by atoms with van der Waals surface area (Å²) in [6, 6.07) is 5.59. The number of Topliss-reactive ketones (excluding diaryl/α,β-unsaturated/α-hetero) is 1. The van der Waals surface area contributed by atoms with Crippen LogP contribution in [0.15, 0.2) is 41.2 Å². The molecule has 0 saturated carbocycles. The summed E-state index contributed by atoms with van der Waals surface area (Å²) in [5.41, 5.74) is 0.720. The van der Waals surface area contributed by atoms with Gasteiger partial charge in [-0.2, -0.15) is 0 Å². The number of hydrogen-bond acceptors (Lipinski definition) is 2. The van der Waals surface area contributed by atoms with Crippen LogP contribution in [0.3, 0.4) is 0 Å². The molecule has 0 aliphatic carbocycles. The molecule has 0 atom stereocenters. The zero-order chi connectivity index (χ0) is 11.5. The molecule has 1 aromatic heterocycles. The van der Waals surface area contributed by atoms with Crippen LogP contribution in [-0.4, -0.2) is 5.78 Å². The first-order valence-electron chi connectivity index (χ1n) is 4.66. The number of ketones is 1. The van der Waals surface area contributed by atoms with Crippen molar-refractivity contribution < 1.29 is 13.6 Å². The molecule has 0 aliphatic rings. The molecule has 0 spiro atoms. The Bertz CT molecular complexity index is 506. The van der Waals surface area contributed by atoms with Crippen molar-refractivity contribution in [3.63, 3.8) is 0 Å². The number of hydrogen-bond donors (Lipinski definition) is 0. The van der Waals surface area contributed by atoms with E-state index in [0.29, 0.717) is 10.6 Å². The third-order valence-corrected chi connectivity index (χ3v) is 2.41. The average molecular weight is 239 g/mol. The first kappa shape index (κ1) is 10.9. The molecule has 0 aliphatic heterocycles. The van der Waals surface area contributed by atoms with Crippen molar-refractivity contribution >= 4 is 17.4 Å². The van der Waals surface area contributed by atoms with Crippen LogP contribution in [0.5, 0.6) is 0 Å². The van der Waals surface area contributed by atoms with E-state index in [1.807, 2.05) is 0 Å². The first-order chi connectivity index (χ1) is 7.66. The zero-order valence-electron chi connectivity index (χ0n) is 8.24. The fraction of sp³-hybridized carbons (Fsp3) is 0.0833. The van der Waals surface area contributed by atoms with E-state index < -0.39 is 5.82 Å². The summed E-state index contributed by atoms with van der Waals surface area (Å²) in [4.78, 5) is 11.7. The summed E-state index contributed by atoms with van der Waals surface area (Å²) in [5.74, 6) is -0.876. The molecule has 1 aromatic carbocycles. The Morgan fingerprint density at radius 1 is 1.38 bits per heavy atom. The highest BCUT2D eigenvalue weighted by Gasteiger charge is 2.13. The van der Waals surface area contributed by atoms with Gasteiger partial charge < -0.3 is 4.42 Å². The van der Waals surface area contributed by atoms with Crippen molar-refractivity contribution in [2.75, 3.05) is 0 Å². The van der Waals surface area contributed by atoms with Gasteiger partial charge in [-0.15, -0.1) is 0 Å². The third kappa shape index (κ3) is 2.31. The summed E-state index contributed by atoms with van der Waals surface area (Å²) in [6.07, 6.45) is 3.03. The molecule has 0 fully saturated rings. The third-order valence-electron chi connectivity index (χ3n) is 2.17. The maximum absolute atomic E-state index is 13.3. The summed E-state index contributed by atoms with van der Waals surface area (Å²) >= 11 is 5.71. The normalized spacial score (nSPS) is 10.4. The molecule has 0 bridgehead atoms. The van der Waals surface area contributed by atoms with Crippen molar-refractivity contribution in [3.8, 4) is 0 Å². The molecule has 0 saturated heterocycles. The number of halogens is 2. The zero-order valence-corrected chi connectivity index (χ0v) is 9.00. The Kier molecular flexibility index (Phi) is 3.06. The van der Waals surface area contributed by atoms with Crippen LogP contribution < -0.4 is 0 Å². The van der Waals surface area contributed by atoms with E-state index in [4.69, 9.17) is 16.0 Å². The molecular formula is C12H8ClFO2. The maximum Gasteiger partial charge on any atom is 0.170 e. The number of furan rings is 1. The highest BCUT2D eigenvalue weighted by atomic mass is 35.5. The van der Waals surface area contributed by atoms with Gasteiger partial charge >= 0.3 is 0 Å². The Balaban J connectivity index is 2.24. The maximum atomic E-state index is 13.3. The number of carbonyl (C=O) groups is 1. The van der Waals surface area contributed by atoms with Crippen molar-refractivity contribution in [3.05, 3.63) is 58.8 Å². The van der Waals surface area contributed by atoms with E-state index in [9.17, 15) is 9.18 Å². The number of benzene rings is 1. The molecule has 82 valence electrons. The molecule has 4 heteroatoms. The van der Waals surface area contributed by atoms with E-state index in [0.717, 1.165) is 0 Å². The minimum Gasteiger partial charge on any atom is -0.472 e. The van der Waals surface area contributed by atoms with Crippen molar-refractivity contribution in [2.24, 2.45) is 0 Å². The molecule has 0 radical (unpaired) electrons. The molecule has 0 unspecified atom stereocenters. The predicted molar refractivity (Wildman–Crippen MR) is 58.2 cm³/mol. The minimum absolute atomic E-state index is 0.00806. The van der Waals surface area contributed by atoms with Gasteiger partial charge in [0.15, 0.2) is 5.78 Å². The van der Waals surface area contributed by atoms with Gasteiger partial charge in [-0.25, -0.2) is 4.39 Å². The molecule has 0 amide bonds. The highest BCUT2D eigenvalue weighted by molar-refractivity contribution is 6.31. The van der Waals surface area contributed by atoms with Crippen LogP contribution >= 0.6 is 11.6 Å². The first-order valence-corrected chi connectivity index (χ1v) is 5.04. The van der Waals surface area contributed by atoms with E-state index in [1.54, 1.807) is 6.07 Å². The summed E-state index contributed by atoms with van der Waals surface area (Å²) in [5, 5.41) is 0.344. The summed E-state index contributed by atoms with van der Waals surface area (Å²) < 4.78 is 18.2. The van der Waals surface area contributed by atoms with Gasteiger partial charge in [0.25, 0.3) is 0 Å².